The largest absolute Gasteiger partial charge is 0.504 e. The van der Waals surface area contributed by atoms with E-state index in [-0.39, 0.29) is 11.5 Å². The van der Waals surface area contributed by atoms with Crippen molar-refractivity contribution in [2.75, 3.05) is 0 Å². The van der Waals surface area contributed by atoms with Gasteiger partial charge in [-0.05, 0) is 107 Å². The first-order valence-corrected chi connectivity index (χ1v) is 12.6. The van der Waals surface area contributed by atoms with Crippen LogP contribution in [0, 0.1) is 0 Å². The van der Waals surface area contributed by atoms with Crippen molar-refractivity contribution in [3.8, 4) is 34.5 Å². The number of fused-ring (bicyclic) bond motifs is 4. The monoisotopic (exact) mass is 580 g/mol. The van der Waals surface area contributed by atoms with Crippen molar-refractivity contribution < 1.29 is 19.7 Å². The summed E-state index contributed by atoms with van der Waals surface area (Å²) in [6.45, 7) is 0. The molecule has 0 fully saturated rings. The third-order valence-electron chi connectivity index (χ3n) is 5.91. The van der Waals surface area contributed by atoms with Crippen molar-refractivity contribution in [3.05, 3.63) is 104 Å². The predicted molar refractivity (Wildman–Crippen MR) is 139 cm³/mol. The molecule has 34 heavy (non-hydrogen) atoms. The van der Waals surface area contributed by atoms with E-state index >= 15 is 0 Å². The molecule has 4 aromatic rings. The van der Waals surface area contributed by atoms with E-state index in [1.54, 1.807) is 6.07 Å². The fourth-order valence-corrected chi connectivity index (χ4v) is 5.08. The maximum atomic E-state index is 10.6. The number of halogens is 2. The van der Waals surface area contributed by atoms with Crippen LogP contribution in [0.15, 0.2) is 81.7 Å². The molecule has 2 aliphatic heterocycles. The maximum Gasteiger partial charge on any atom is 0.173 e. The zero-order valence-electron chi connectivity index (χ0n) is 18.2. The fraction of sp³-hybridized carbons (Fsp3) is 0.143. The van der Waals surface area contributed by atoms with Crippen LogP contribution in [0.4, 0.5) is 0 Å². The number of ether oxygens (including phenoxy) is 2. The Morgan fingerprint density at radius 1 is 0.618 bits per heavy atom. The molecule has 4 nitrogen and oxygen atoms in total. The summed E-state index contributed by atoms with van der Waals surface area (Å²) in [7, 11) is 0. The van der Waals surface area contributed by atoms with Crippen molar-refractivity contribution >= 4 is 31.9 Å². The van der Waals surface area contributed by atoms with Gasteiger partial charge in [0, 0.05) is 10.0 Å². The van der Waals surface area contributed by atoms with Gasteiger partial charge in [0.15, 0.2) is 23.0 Å². The van der Waals surface area contributed by atoms with Crippen molar-refractivity contribution in [2.45, 2.75) is 25.7 Å². The lowest BCUT2D eigenvalue weighted by molar-refractivity contribution is 0.406. The van der Waals surface area contributed by atoms with E-state index in [2.05, 4.69) is 37.9 Å². The standard InChI is InChI=1S/C28H22Br2O4/c29-23-12-13-25(31)28-22(23)11-8-17-6-9-20(10-7-17)33-26-16-19(15-24(30)27(26)32)5-4-18-2-1-3-21(14-18)34-28/h1-3,6-7,9-10,12-16,31-32H,4-5,8,11H2. The highest BCUT2D eigenvalue weighted by Gasteiger charge is 2.16. The second-order valence-corrected chi connectivity index (χ2v) is 10.0. The topological polar surface area (TPSA) is 58.9 Å². The minimum Gasteiger partial charge on any atom is -0.504 e. The SMILES string of the molecule is Oc1ccc(Br)c2c1Oc1cccc(c1)CCc1cc(Br)c(O)c(c1)Oc1ccc(cc1)CC2. The third kappa shape index (κ3) is 4.93. The van der Waals surface area contributed by atoms with Crippen molar-refractivity contribution in [2.24, 2.45) is 0 Å². The lowest BCUT2D eigenvalue weighted by Crippen LogP contribution is -1.99. The summed E-state index contributed by atoms with van der Waals surface area (Å²) in [5.74, 6) is 2.42. The van der Waals surface area contributed by atoms with Crippen LogP contribution >= 0.6 is 31.9 Å². The van der Waals surface area contributed by atoms with E-state index in [1.165, 1.54) is 0 Å². The van der Waals surface area contributed by atoms with E-state index in [0.717, 1.165) is 46.0 Å². The highest BCUT2D eigenvalue weighted by molar-refractivity contribution is 9.10. The van der Waals surface area contributed by atoms with E-state index < -0.39 is 0 Å². The lowest BCUT2D eigenvalue weighted by atomic mass is 10.0. The molecular formula is C28H22Br2O4. The van der Waals surface area contributed by atoms with Crippen LogP contribution < -0.4 is 9.47 Å². The Morgan fingerprint density at radius 2 is 1.38 bits per heavy atom. The van der Waals surface area contributed by atoms with Gasteiger partial charge in [-0.1, -0.05) is 40.2 Å². The molecule has 2 heterocycles. The highest BCUT2D eigenvalue weighted by atomic mass is 79.9. The van der Waals surface area contributed by atoms with Gasteiger partial charge in [0.25, 0.3) is 0 Å². The number of rotatable bonds is 0. The Hall–Kier alpha value is -2.96. The first kappa shape index (κ1) is 22.8. The molecule has 6 rings (SSSR count). The number of phenols is 2. The molecule has 0 radical (unpaired) electrons. The van der Waals surface area contributed by atoms with Crippen molar-refractivity contribution in [3.63, 3.8) is 0 Å². The van der Waals surface area contributed by atoms with Gasteiger partial charge in [0.2, 0.25) is 0 Å². The molecule has 4 aromatic carbocycles. The second kappa shape index (κ2) is 9.72. The molecule has 172 valence electrons. The van der Waals surface area contributed by atoms with Gasteiger partial charge in [0.05, 0.1) is 4.47 Å². The Kier molecular flexibility index (Phi) is 6.53. The van der Waals surface area contributed by atoms with Gasteiger partial charge in [-0.3, -0.25) is 0 Å². The summed E-state index contributed by atoms with van der Waals surface area (Å²) in [6, 6.07) is 23.0. The van der Waals surface area contributed by atoms with E-state index in [4.69, 9.17) is 9.47 Å². The molecule has 0 saturated heterocycles. The summed E-state index contributed by atoms with van der Waals surface area (Å²) < 4.78 is 13.7. The lowest BCUT2D eigenvalue weighted by Gasteiger charge is -2.16. The van der Waals surface area contributed by atoms with Gasteiger partial charge < -0.3 is 19.7 Å². The van der Waals surface area contributed by atoms with Crippen LogP contribution in [0.3, 0.4) is 0 Å². The second-order valence-electron chi connectivity index (χ2n) is 8.29. The third-order valence-corrected chi connectivity index (χ3v) is 7.25. The minimum absolute atomic E-state index is 0.0823. The molecule has 2 aliphatic rings. The van der Waals surface area contributed by atoms with Crippen LogP contribution in [-0.2, 0) is 25.7 Å². The van der Waals surface area contributed by atoms with Crippen LogP contribution in [0.25, 0.3) is 0 Å². The molecule has 6 heteroatoms. The van der Waals surface area contributed by atoms with E-state index in [1.807, 2.05) is 60.7 Å². The molecule has 0 atom stereocenters. The van der Waals surface area contributed by atoms with Crippen LogP contribution in [-0.4, -0.2) is 10.2 Å². The zero-order valence-corrected chi connectivity index (χ0v) is 21.4. The van der Waals surface area contributed by atoms with Crippen LogP contribution in [0.5, 0.6) is 34.5 Å². The molecule has 0 spiro atoms. The smallest absolute Gasteiger partial charge is 0.173 e. The number of aromatic hydroxyl groups is 2. The Balaban J connectivity index is 1.57. The van der Waals surface area contributed by atoms with Crippen LogP contribution in [0.1, 0.15) is 22.3 Å². The number of hydrogen-bond donors (Lipinski definition) is 2. The predicted octanol–water partition coefficient (Wildman–Crippen LogP) is 8.09. The van der Waals surface area contributed by atoms with Crippen LogP contribution in [0.2, 0.25) is 0 Å². The quantitative estimate of drug-likeness (QED) is 0.220. The Labute approximate surface area is 215 Å². The molecule has 0 saturated carbocycles. The van der Waals surface area contributed by atoms with Gasteiger partial charge in [-0.15, -0.1) is 0 Å². The summed E-state index contributed by atoms with van der Waals surface area (Å²) in [5.41, 5.74) is 4.18. The molecule has 0 aromatic heterocycles. The molecule has 0 aliphatic carbocycles. The molecule has 0 unspecified atom stereocenters. The molecule has 0 amide bonds. The maximum absolute atomic E-state index is 10.6. The average Bonchev–Trinajstić information content (AvgIpc) is 2.83. The summed E-state index contributed by atoms with van der Waals surface area (Å²) in [6.07, 6.45) is 2.97. The first-order valence-electron chi connectivity index (χ1n) is 11.0. The molecule has 2 N–H and O–H groups in total. The van der Waals surface area contributed by atoms with E-state index in [9.17, 15) is 10.2 Å². The van der Waals surface area contributed by atoms with Gasteiger partial charge in [-0.2, -0.15) is 0 Å². The number of phenolic OH excluding ortho intramolecular Hbond substituents is 2. The first-order chi connectivity index (χ1) is 16.5. The molecule has 6 bridgehead atoms. The summed E-state index contributed by atoms with van der Waals surface area (Å²) >= 11 is 7.08. The van der Waals surface area contributed by atoms with Crippen molar-refractivity contribution in [1.29, 1.82) is 0 Å². The summed E-state index contributed by atoms with van der Waals surface area (Å²) in [4.78, 5) is 0. The Morgan fingerprint density at radius 3 is 2.21 bits per heavy atom. The van der Waals surface area contributed by atoms with Gasteiger partial charge in [-0.25, -0.2) is 0 Å². The number of hydrogen-bond acceptors (Lipinski definition) is 4. The minimum atomic E-state index is 0.0823. The van der Waals surface area contributed by atoms with Gasteiger partial charge >= 0.3 is 0 Å². The normalized spacial score (nSPS) is 13.2. The van der Waals surface area contributed by atoms with Crippen molar-refractivity contribution in [1.82, 2.24) is 0 Å². The Bertz CT molecular complexity index is 1350. The number of aryl methyl sites for hydroxylation is 3. The fourth-order valence-electron chi connectivity index (χ4n) is 4.08. The van der Waals surface area contributed by atoms with E-state index in [0.29, 0.717) is 33.9 Å². The number of benzene rings is 4. The highest BCUT2D eigenvalue weighted by Crippen LogP contribution is 2.41. The summed E-state index contributed by atoms with van der Waals surface area (Å²) in [5, 5.41) is 21.1. The zero-order chi connectivity index (χ0) is 23.7. The van der Waals surface area contributed by atoms with Gasteiger partial charge in [0.1, 0.15) is 11.5 Å². The molecular weight excluding hydrogens is 560 g/mol. The average molecular weight is 582 g/mol.